The van der Waals surface area contributed by atoms with Gasteiger partial charge >= 0.3 is 5.97 Å². The van der Waals surface area contributed by atoms with Crippen LogP contribution in [-0.2, 0) is 18.4 Å². The van der Waals surface area contributed by atoms with Crippen LogP contribution in [0, 0.1) is 17.8 Å². The van der Waals surface area contributed by atoms with Crippen molar-refractivity contribution in [3.8, 4) is 11.8 Å². The first kappa shape index (κ1) is 23.4. The zero-order chi connectivity index (χ0) is 20.2. The summed E-state index contributed by atoms with van der Waals surface area (Å²) in [5, 5.41) is 0.114. The molecule has 26 heavy (non-hydrogen) atoms. The predicted molar refractivity (Wildman–Crippen MR) is 112 cm³/mol. The fourth-order valence-corrected chi connectivity index (χ4v) is 6.04. The van der Waals surface area contributed by atoms with E-state index >= 15 is 0 Å². The molecule has 0 radical (unpaired) electrons. The van der Waals surface area contributed by atoms with Gasteiger partial charge in [-0.15, -0.1) is 0 Å². The van der Waals surface area contributed by atoms with Gasteiger partial charge in [0.2, 0.25) is 0 Å². The molecule has 0 unspecified atom stereocenters. The summed E-state index contributed by atoms with van der Waals surface area (Å²) in [4.78, 5) is 11.4. The topological polar surface area (TPSA) is 44.8 Å². The van der Waals surface area contributed by atoms with Gasteiger partial charge in [0.25, 0.3) is 0 Å². The molecule has 0 bridgehead atoms. The van der Waals surface area contributed by atoms with Crippen LogP contribution in [0.25, 0.3) is 0 Å². The Morgan fingerprint density at radius 2 is 1.73 bits per heavy atom. The molecule has 0 aliphatic heterocycles. The molecule has 0 spiro atoms. The zero-order valence-electron chi connectivity index (χ0n) is 18.2. The van der Waals surface area contributed by atoms with Gasteiger partial charge in [-0.05, 0) is 57.0 Å². The van der Waals surface area contributed by atoms with Gasteiger partial charge in [-0.2, -0.15) is 0 Å². The predicted octanol–water partition coefficient (Wildman–Crippen LogP) is 5.31. The van der Waals surface area contributed by atoms with E-state index in [4.69, 9.17) is 8.85 Å². The molecule has 4 nitrogen and oxygen atoms in total. The largest absolute Gasteiger partial charge is 0.459 e. The lowest BCUT2D eigenvalue weighted by molar-refractivity contribution is -0.188. The number of methoxy groups -OCH3 is 1. The number of hydrogen-bond acceptors (Lipinski definition) is 4. The molecular formula is C20H38O4Si2. The third kappa shape index (κ3) is 6.52. The number of ether oxygens (including phenoxy) is 1. The van der Waals surface area contributed by atoms with Crippen LogP contribution >= 0.6 is 0 Å². The minimum Gasteiger partial charge on any atom is -0.459 e. The van der Waals surface area contributed by atoms with Gasteiger partial charge in [0.05, 0.1) is 7.11 Å². The lowest BCUT2D eigenvalue weighted by Crippen LogP contribution is -2.58. The third-order valence-electron chi connectivity index (χ3n) is 5.39. The van der Waals surface area contributed by atoms with Crippen molar-refractivity contribution in [2.24, 2.45) is 5.92 Å². The Morgan fingerprint density at radius 1 is 1.12 bits per heavy atom. The van der Waals surface area contributed by atoms with E-state index in [0.29, 0.717) is 6.42 Å². The molecule has 0 N–H and O–H groups in total. The van der Waals surface area contributed by atoms with Gasteiger partial charge in [-0.25, -0.2) is 4.79 Å². The van der Waals surface area contributed by atoms with Gasteiger partial charge in [-0.1, -0.05) is 33.1 Å². The Balaban J connectivity index is 3.21. The van der Waals surface area contributed by atoms with Crippen molar-refractivity contribution in [2.75, 3.05) is 7.11 Å². The van der Waals surface area contributed by atoms with E-state index in [1.165, 1.54) is 7.11 Å². The molecule has 1 fully saturated rings. The first-order valence-electron chi connectivity index (χ1n) is 9.70. The second kappa shape index (κ2) is 8.60. The molecule has 1 aliphatic carbocycles. The summed E-state index contributed by atoms with van der Waals surface area (Å²) < 4.78 is 18.4. The third-order valence-corrected chi connectivity index (χ3v) is 10.8. The van der Waals surface area contributed by atoms with E-state index in [2.05, 4.69) is 70.1 Å². The molecule has 1 aliphatic rings. The maximum absolute atomic E-state index is 11.4. The van der Waals surface area contributed by atoms with Crippen LogP contribution in [0.5, 0.6) is 0 Å². The van der Waals surface area contributed by atoms with Crippen molar-refractivity contribution in [3.63, 3.8) is 0 Å². The molecule has 0 aromatic rings. The summed E-state index contributed by atoms with van der Waals surface area (Å²) in [6.45, 7) is 18.0. The first-order valence-corrected chi connectivity index (χ1v) is 16.0. The van der Waals surface area contributed by atoms with Crippen molar-refractivity contribution in [1.29, 1.82) is 0 Å². The number of esters is 1. The number of rotatable bonds is 5. The Kier molecular flexibility index (Phi) is 7.74. The Labute approximate surface area is 162 Å². The fourth-order valence-electron chi connectivity index (χ4n) is 3.13. The zero-order valence-corrected chi connectivity index (χ0v) is 20.2. The summed E-state index contributed by atoms with van der Waals surface area (Å²) in [5.74, 6) is 4.72. The van der Waals surface area contributed by atoms with Crippen molar-refractivity contribution in [2.45, 2.75) is 96.4 Å². The van der Waals surface area contributed by atoms with Crippen LogP contribution in [0.2, 0.25) is 37.8 Å². The van der Waals surface area contributed by atoms with Crippen molar-refractivity contribution in [1.82, 2.24) is 0 Å². The summed E-state index contributed by atoms with van der Waals surface area (Å²) in [6, 6.07) is 0. The van der Waals surface area contributed by atoms with Crippen LogP contribution in [0.1, 0.15) is 52.9 Å². The summed E-state index contributed by atoms with van der Waals surface area (Å²) >= 11 is 0. The van der Waals surface area contributed by atoms with Crippen molar-refractivity contribution < 1.29 is 18.4 Å². The molecule has 0 saturated heterocycles. The number of carbonyl (C=O) groups is 1. The highest BCUT2D eigenvalue weighted by Crippen LogP contribution is 2.47. The SMILES string of the molecule is COC(=O)C#CC[C@@H]1CCCC[C@]1(O[Si](C)(C)C)O[Si](C)(C)C(C)(C)C. The lowest BCUT2D eigenvalue weighted by Gasteiger charge is -2.52. The highest BCUT2D eigenvalue weighted by molar-refractivity contribution is 6.74. The second-order valence-electron chi connectivity index (χ2n) is 9.83. The van der Waals surface area contributed by atoms with Crippen LogP contribution < -0.4 is 0 Å². The van der Waals surface area contributed by atoms with Crippen molar-refractivity contribution >= 4 is 22.6 Å². The van der Waals surface area contributed by atoms with Gasteiger partial charge in [0.15, 0.2) is 22.4 Å². The maximum Gasteiger partial charge on any atom is 0.384 e. The highest BCUT2D eigenvalue weighted by atomic mass is 28.4. The van der Waals surface area contributed by atoms with Gasteiger partial charge in [-0.3, -0.25) is 0 Å². The fraction of sp³-hybridized carbons (Fsp3) is 0.850. The standard InChI is InChI=1S/C20H38O4Si2/c1-19(2,3)26(8,9)24-20(23-25(5,6)7)16-11-10-13-17(20)14-12-15-18(21)22-4/h17H,10-11,13-14,16H2,1-9H3/t17-,20-/m0/s1. The quantitative estimate of drug-likeness (QED) is 0.207. The smallest absolute Gasteiger partial charge is 0.384 e. The van der Waals surface area contributed by atoms with E-state index < -0.39 is 28.4 Å². The Hall–Kier alpha value is -0.616. The van der Waals surface area contributed by atoms with Crippen LogP contribution in [-0.4, -0.2) is 35.5 Å². The number of carbonyl (C=O) groups excluding carboxylic acids is 1. The van der Waals surface area contributed by atoms with E-state index in [1.807, 2.05) is 0 Å². The average Bonchev–Trinajstić information content (AvgIpc) is 2.45. The molecule has 6 heteroatoms. The minimum atomic E-state index is -2.02. The van der Waals surface area contributed by atoms with E-state index in [9.17, 15) is 4.79 Å². The molecule has 0 aromatic heterocycles. The van der Waals surface area contributed by atoms with Gasteiger partial charge < -0.3 is 13.6 Å². The van der Waals surface area contributed by atoms with E-state index in [-0.39, 0.29) is 11.0 Å². The molecule has 2 atom stereocenters. The highest BCUT2D eigenvalue weighted by Gasteiger charge is 2.51. The number of hydrogen-bond donors (Lipinski definition) is 0. The summed E-state index contributed by atoms with van der Waals surface area (Å²) in [5.41, 5.74) is 0. The molecular weight excluding hydrogens is 360 g/mol. The summed E-state index contributed by atoms with van der Waals surface area (Å²) in [7, 11) is -2.49. The van der Waals surface area contributed by atoms with Crippen molar-refractivity contribution in [3.05, 3.63) is 0 Å². The average molecular weight is 399 g/mol. The monoisotopic (exact) mass is 398 g/mol. The summed E-state index contributed by atoms with van der Waals surface area (Å²) in [6.07, 6.45) is 4.81. The second-order valence-corrected chi connectivity index (χ2v) is 19.0. The molecule has 150 valence electrons. The molecule has 0 aromatic carbocycles. The Bertz CT molecular complexity index is 549. The van der Waals surface area contributed by atoms with Gasteiger partial charge in [0, 0.05) is 18.3 Å². The maximum atomic E-state index is 11.4. The normalized spacial score (nSPS) is 24.6. The lowest BCUT2D eigenvalue weighted by atomic mass is 9.81. The van der Waals surface area contributed by atoms with E-state index in [1.54, 1.807) is 0 Å². The first-order chi connectivity index (χ1) is 11.7. The minimum absolute atomic E-state index is 0.114. The molecule has 0 heterocycles. The molecule has 1 saturated carbocycles. The van der Waals surface area contributed by atoms with Gasteiger partial charge in [0.1, 0.15) is 0 Å². The van der Waals surface area contributed by atoms with Crippen LogP contribution in [0.4, 0.5) is 0 Å². The Morgan fingerprint density at radius 3 is 2.23 bits per heavy atom. The molecule has 0 amide bonds. The van der Waals surface area contributed by atoms with E-state index in [0.717, 1.165) is 25.7 Å². The molecule has 1 rings (SSSR count). The van der Waals surface area contributed by atoms with Crippen LogP contribution in [0.15, 0.2) is 0 Å². The van der Waals surface area contributed by atoms with Crippen LogP contribution in [0.3, 0.4) is 0 Å².